The van der Waals surface area contributed by atoms with Gasteiger partial charge in [0.2, 0.25) is 11.9 Å². The summed E-state index contributed by atoms with van der Waals surface area (Å²) in [6.07, 6.45) is 1.71. The lowest BCUT2D eigenvalue weighted by Gasteiger charge is -2.28. The van der Waals surface area contributed by atoms with Crippen molar-refractivity contribution in [1.82, 2.24) is 15.2 Å². The van der Waals surface area contributed by atoms with Crippen molar-refractivity contribution in [2.24, 2.45) is 10.1 Å². The number of hydrogen-bond donors (Lipinski definition) is 2. The molecule has 190 valence electrons. The SMILES string of the molecule is CCN(C(=O)CO)C1CN(C(=Nc2cccc(OC(F)F)c2F)NC#N)N=C1c1ccc(C)c(C)c1. The number of amides is 1. The van der Waals surface area contributed by atoms with E-state index in [0.717, 1.165) is 17.2 Å². The number of carbonyl (C=O) groups excluding carboxylic acids is 1. The Morgan fingerprint density at radius 1 is 1.36 bits per heavy atom. The fourth-order valence-electron chi connectivity index (χ4n) is 3.77. The van der Waals surface area contributed by atoms with Crippen molar-refractivity contribution in [3.63, 3.8) is 0 Å². The van der Waals surface area contributed by atoms with Gasteiger partial charge in [-0.05, 0) is 50.1 Å². The van der Waals surface area contributed by atoms with Crippen LogP contribution in [-0.4, -0.2) is 64.9 Å². The highest BCUT2D eigenvalue weighted by atomic mass is 19.3. The van der Waals surface area contributed by atoms with E-state index < -0.39 is 36.7 Å². The Bertz CT molecular complexity index is 1230. The van der Waals surface area contributed by atoms with E-state index in [1.54, 1.807) is 13.1 Å². The molecule has 1 aliphatic rings. The average molecular weight is 502 g/mol. The summed E-state index contributed by atoms with van der Waals surface area (Å²) >= 11 is 0. The number of aryl methyl sites for hydroxylation is 2. The summed E-state index contributed by atoms with van der Waals surface area (Å²) in [7, 11) is 0. The summed E-state index contributed by atoms with van der Waals surface area (Å²) < 4.78 is 44.1. The monoisotopic (exact) mass is 502 g/mol. The minimum absolute atomic E-state index is 0.0319. The van der Waals surface area contributed by atoms with Crippen molar-refractivity contribution >= 4 is 23.3 Å². The fourth-order valence-corrected chi connectivity index (χ4v) is 3.77. The van der Waals surface area contributed by atoms with Crippen LogP contribution in [0.1, 0.15) is 23.6 Å². The summed E-state index contributed by atoms with van der Waals surface area (Å²) in [5, 5.41) is 27.0. The molecule has 1 aliphatic heterocycles. The van der Waals surface area contributed by atoms with Crippen LogP contribution in [0.5, 0.6) is 5.75 Å². The number of ether oxygens (including phenoxy) is 1. The van der Waals surface area contributed by atoms with Crippen molar-refractivity contribution < 1.29 is 27.8 Å². The zero-order chi connectivity index (χ0) is 26.4. The topological polar surface area (TPSA) is 114 Å². The number of carbonyl (C=O) groups is 1. The largest absolute Gasteiger partial charge is 0.432 e. The number of halogens is 3. The van der Waals surface area contributed by atoms with E-state index in [2.05, 4.69) is 20.1 Å². The first kappa shape index (κ1) is 26.5. The number of likely N-dealkylation sites (N-methyl/N-ethyl adjacent to an activating group) is 1. The van der Waals surface area contributed by atoms with Gasteiger partial charge in [-0.25, -0.2) is 14.4 Å². The first-order valence-electron chi connectivity index (χ1n) is 11.0. The number of aliphatic imine (C=N–C) groups is 1. The second-order valence-electron chi connectivity index (χ2n) is 7.86. The molecule has 0 aliphatic carbocycles. The molecule has 36 heavy (non-hydrogen) atoms. The maximum Gasteiger partial charge on any atom is 0.387 e. The first-order valence-corrected chi connectivity index (χ1v) is 11.0. The van der Waals surface area contributed by atoms with Crippen molar-refractivity contribution in [3.05, 3.63) is 58.9 Å². The van der Waals surface area contributed by atoms with Crippen LogP contribution < -0.4 is 10.1 Å². The number of nitriles is 1. The second-order valence-corrected chi connectivity index (χ2v) is 7.86. The number of nitrogens with one attached hydrogen (secondary N) is 1. The highest BCUT2D eigenvalue weighted by Gasteiger charge is 2.36. The van der Waals surface area contributed by atoms with Gasteiger partial charge in [-0.2, -0.15) is 19.1 Å². The van der Waals surface area contributed by atoms with E-state index in [0.29, 0.717) is 11.3 Å². The number of aliphatic hydroxyl groups excluding tert-OH is 1. The maximum absolute atomic E-state index is 14.7. The Balaban J connectivity index is 2.09. The lowest BCUT2D eigenvalue weighted by Crippen LogP contribution is -2.49. The Morgan fingerprint density at radius 2 is 2.11 bits per heavy atom. The summed E-state index contributed by atoms with van der Waals surface area (Å²) in [6, 6.07) is 8.56. The molecular weight excluding hydrogens is 477 g/mol. The quantitative estimate of drug-likeness (QED) is 0.261. The number of hydrogen-bond acceptors (Lipinski definition) is 6. The van der Waals surface area contributed by atoms with Crippen molar-refractivity contribution in [1.29, 1.82) is 5.26 Å². The maximum atomic E-state index is 14.7. The molecular formula is C24H25F3N6O3. The Morgan fingerprint density at radius 3 is 2.72 bits per heavy atom. The predicted molar refractivity (Wildman–Crippen MR) is 126 cm³/mol. The number of rotatable bonds is 7. The van der Waals surface area contributed by atoms with Gasteiger partial charge >= 0.3 is 6.61 Å². The third-order valence-electron chi connectivity index (χ3n) is 5.66. The molecule has 2 N–H and O–H groups in total. The second kappa shape index (κ2) is 11.5. The summed E-state index contributed by atoms with van der Waals surface area (Å²) in [5.41, 5.74) is 2.87. The van der Waals surface area contributed by atoms with Gasteiger partial charge in [-0.1, -0.05) is 18.2 Å². The normalized spacial score (nSPS) is 15.5. The molecule has 2 aromatic carbocycles. The minimum Gasteiger partial charge on any atom is -0.432 e. The Hall–Kier alpha value is -4.11. The molecule has 0 spiro atoms. The van der Waals surface area contributed by atoms with Gasteiger partial charge in [0, 0.05) is 12.1 Å². The van der Waals surface area contributed by atoms with Gasteiger partial charge in [-0.15, -0.1) is 0 Å². The molecule has 1 heterocycles. The number of nitrogens with zero attached hydrogens (tertiary/aromatic N) is 5. The number of benzene rings is 2. The van der Waals surface area contributed by atoms with Crippen molar-refractivity contribution in [2.45, 2.75) is 33.4 Å². The molecule has 1 amide bonds. The van der Waals surface area contributed by atoms with E-state index in [9.17, 15) is 28.3 Å². The Kier molecular flexibility index (Phi) is 8.50. The van der Waals surface area contributed by atoms with Gasteiger partial charge in [0.1, 0.15) is 12.3 Å². The lowest BCUT2D eigenvalue weighted by molar-refractivity contribution is -0.135. The highest BCUT2D eigenvalue weighted by molar-refractivity contribution is 6.08. The average Bonchev–Trinajstić information content (AvgIpc) is 3.28. The molecule has 0 saturated carbocycles. The molecule has 1 atom stereocenters. The van der Waals surface area contributed by atoms with E-state index in [4.69, 9.17) is 0 Å². The third kappa shape index (κ3) is 5.75. The number of hydrazone groups is 1. The minimum atomic E-state index is -3.23. The summed E-state index contributed by atoms with van der Waals surface area (Å²) in [4.78, 5) is 18.0. The lowest BCUT2D eigenvalue weighted by atomic mass is 9.98. The molecule has 2 aromatic rings. The third-order valence-corrected chi connectivity index (χ3v) is 5.66. The van der Waals surface area contributed by atoms with Crippen LogP contribution in [0.15, 0.2) is 46.5 Å². The van der Waals surface area contributed by atoms with E-state index in [1.807, 2.05) is 32.0 Å². The molecule has 0 saturated heterocycles. The van der Waals surface area contributed by atoms with Crippen LogP contribution in [0.2, 0.25) is 0 Å². The van der Waals surface area contributed by atoms with Gasteiger partial charge < -0.3 is 14.7 Å². The van der Waals surface area contributed by atoms with Crippen LogP contribution in [0, 0.1) is 31.1 Å². The molecule has 9 nitrogen and oxygen atoms in total. The molecule has 0 radical (unpaired) electrons. The van der Waals surface area contributed by atoms with Crippen LogP contribution in [0.4, 0.5) is 18.9 Å². The van der Waals surface area contributed by atoms with Gasteiger partial charge in [-0.3, -0.25) is 10.1 Å². The fraction of sp³-hybridized carbons (Fsp3) is 0.333. The van der Waals surface area contributed by atoms with Crippen molar-refractivity contribution in [3.8, 4) is 11.9 Å². The Labute approximate surface area is 206 Å². The standard InChI is InChI=1S/C24H25F3N6O3/c1-4-32(20(35)12-34)18-11-33(31-22(18)16-9-8-14(2)15(3)10-16)24(29-13-28)30-17-6-5-7-19(21(17)25)36-23(26)27/h5-10,18,23,34H,4,11-12H2,1-3H3,(H,29,30). The van der Waals surface area contributed by atoms with Gasteiger partial charge in [0.05, 0.1) is 18.3 Å². The van der Waals surface area contributed by atoms with Crippen molar-refractivity contribution in [2.75, 3.05) is 19.7 Å². The van der Waals surface area contributed by atoms with Gasteiger partial charge in [0.25, 0.3) is 0 Å². The van der Waals surface area contributed by atoms with E-state index in [1.165, 1.54) is 22.0 Å². The number of alkyl halides is 2. The van der Waals surface area contributed by atoms with E-state index in [-0.39, 0.29) is 24.7 Å². The molecule has 0 fully saturated rings. The van der Waals surface area contributed by atoms with Crippen LogP contribution in [-0.2, 0) is 4.79 Å². The summed E-state index contributed by atoms with van der Waals surface area (Å²) in [5.74, 6) is -2.56. The van der Waals surface area contributed by atoms with Gasteiger partial charge in [0.15, 0.2) is 17.8 Å². The first-order chi connectivity index (χ1) is 17.2. The predicted octanol–water partition coefficient (Wildman–Crippen LogP) is 3.03. The van der Waals surface area contributed by atoms with Crippen LogP contribution >= 0.6 is 0 Å². The van der Waals surface area contributed by atoms with Crippen LogP contribution in [0.25, 0.3) is 0 Å². The summed E-state index contributed by atoms with van der Waals surface area (Å²) in [6.45, 7) is 1.99. The number of aliphatic hydroxyl groups is 1. The molecule has 12 heteroatoms. The van der Waals surface area contributed by atoms with Crippen LogP contribution in [0.3, 0.4) is 0 Å². The zero-order valence-electron chi connectivity index (χ0n) is 19.9. The number of guanidine groups is 1. The highest BCUT2D eigenvalue weighted by Crippen LogP contribution is 2.29. The molecule has 3 rings (SSSR count). The van der Waals surface area contributed by atoms with E-state index >= 15 is 0 Å². The molecule has 1 unspecified atom stereocenters. The zero-order valence-corrected chi connectivity index (χ0v) is 19.9. The smallest absolute Gasteiger partial charge is 0.387 e. The molecule has 0 aromatic heterocycles. The molecule has 0 bridgehead atoms.